The molecule has 0 aliphatic carbocycles. The zero-order chi connectivity index (χ0) is 24.3. The van der Waals surface area contributed by atoms with Crippen molar-refractivity contribution in [3.8, 4) is 5.75 Å². The highest BCUT2D eigenvalue weighted by atomic mass is 35.5. The molecule has 0 bridgehead atoms. The first-order valence-corrected chi connectivity index (χ1v) is 9.91. The van der Waals surface area contributed by atoms with Gasteiger partial charge in [0, 0.05) is 35.2 Å². The third-order valence-electron chi connectivity index (χ3n) is 6.38. The van der Waals surface area contributed by atoms with Crippen LogP contribution in [0.15, 0.2) is 41.5 Å². The molecule has 1 fully saturated rings. The van der Waals surface area contributed by atoms with Gasteiger partial charge in [0.05, 0.1) is 12.6 Å². The van der Waals surface area contributed by atoms with E-state index in [-0.39, 0.29) is 34.6 Å². The van der Waals surface area contributed by atoms with Crippen LogP contribution < -0.4 is 14.9 Å². The number of rotatable bonds is 3. The molecule has 1 aliphatic heterocycles. The number of alkyl halides is 3. The fraction of sp³-hybridized carbons (Fsp3) is 0.364. The Morgan fingerprint density at radius 1 is 1.24 bits per heavy atom. The molecular formula is C22H20ClF5N2O4. The molecule has 3 heterocycles. The number of methoxy groups -OCH3 is 1. The van der Waals surface area contributed by atoms with E-state index >= 15 is 0 Å². The van der Waals surface area contributed by atoms with Gasteiger partial charge in [-0.2, -0.15) is 22.3 Å². The van der Waals surface area contributed by atoms with Crippen molar-refractivity contribution >= 4 is 23.3 Å². The minimum Gasteiger partial charge on any atom is -0.619 e. The van der Waals surface area contributed by atoms with Gasteiger partial charge in [0.15, 0.2) is 35.0 Å². The lowest BCUT2D eigenvalue weighted by molar-refractivity contribution is -0.603. The molecule has 12 heteroatoms. The maximum Gasteiger partial charge on any atom is 0.417 e. The van der Waals surface area contributed by atoms with Gasteiger partial charge >= 0.3 is 6.18 Å². The number of nitrogens with zero attached hydrogens (tertiary/aromatic N) is 1. The highest BCUT2D eigenvalue weighted by molar-refractivity contribution is 5.85. The Morgan fingerprint density at radius 2 is 1.91 bits per heavy atom. The quantitative estimate of drug-likeness (QED) is 0.318. The van der Waals surface area contributed by atoms with Gasteiger partial charge in [0.25, 0.3) is 0 Å². The molecule has 34 heavy (non-hydrogen) atoms. The predicted octanol–water partition coefficient (Wildman–Crippen LogP) is 4.68. The first-order chi connectivity index (χ1) is 15.4. The molecule has 6 nitrogen and oxygen atoms in total. The Balaban J connectivity index is 0.00000324. The third kappa shape index (κ3) is 3.86. The molecule has 0 radical (unpaired) electrons. The second-order valence-corrected chi connectivity index (χ2v) is 8.16. The van der Waals surface area contributed by atoms with Gasteiger partial charge in [0.1, 0.15) is 11.5 Å². The van der Waals surface area contributed by atoms with Crippen LogP contribution in [0.3, 0.4) is 0 Å². The van der Waals surface area contributed by atoms with E-state index in [1.165, 1.54) is 13.0 Å². The van der Waals surface area contributed by atoms with Crippen molar-refractivity contribution < 1.29 is 36.2 Å². The Morgan fingerprint density at radius 3 is 2.53 bits per heavy atom. The molecule has 4 rings (SSSR count). The van der Waals surface area contributed by atoms with Crippen molar-refractivity contribution in [1.29, 1.82) is 0 Å². The maximum absolute atomic E-state index is 14.5. The van der Waals surface area contributed by atoms with Gasteiger partial charge in [-0.15, -0.1) is 12.4 Å². The standard InChI is InChI=1S/C22H19F5N2O4.ClH/c1-10-17(11-4-5-13(23)18(24)19(11)32-3)20(33-21(10,2)22(25,26)27)15-8-16(30)12-9-29(31)7-6-14(12)28-15;/h4-10,17,20H,1-3H3,(H,28,30);1H/t10-,17-,20-,21+;/m0./s1. The molecule has 0 unspecified atom stereocenters. The lowest BCUT2D eigenvalue weighted by atomic mass is 9.76. The van der Waals surface area contributed by atoms with Crippen LogP contribution in [-0.4, -0.2) is 23.9 Å². The topological polar surface area (TPSA) is 78.3 Å². The molecule has 4 atom stereocenters. The fourth-order valence-corrected chi connectivity index (χ4v) is 4.43. The molecular weight excluding hydrogens is 487 g/mol. The van der Waals surface area contributed by atoms with Gasteiger partial charge in [-0.1, -0.05) is 13.0 Å². The Hall–Kier alpha value is -2.92. The maximum atomic E-state index is 14.5. The molecule has 1 N–H and O–H groups in total. The summed E-state index contributed by atoms with van der Waals surface area (Å²) in [6.45, 7) is 2.16. The molecule has 3 aromatic rings. The van der Waals surface area contributed by atoms with E-state index in [0.29, 0.717) is 4.73 Å². The van der Waals surface area contributed by atoms with Crippen LogP contribution >= 0.6 is 12.4 Å². The summed E-state index contributed by atoms with van der Waals surface area (Å²) in [7, 11) is 1.08. The van der Waals surface area contributed by atoms with Gasteiger partial charge < -0.3 is 19.7 Å². The summed E-state index contributed by atoms with van der Waals surface area (Å²) in [6, 6.07) is 4.30. The Labute approximate surface area is 196 Å². The second-order valence-electron chi connectivity index (χ2n) is 8.16. The van der Waals surface area contributed by atoms with Crippen molar-refractivity contribution in [2.45, 2.75) is 37.6 Å². The van der Waals surface area contributed by atoms with Gasteiger partial charge in [-0.3, -0.25) is 4.79 Å². The van der Waals surface area contributed by atoms with E-state index in [4.69, 9.17) is 9.47 Å². The van der Waals surface area contributed by atoms with E-state index < -0.39 is 52.5 Å². The molecule has 1 saturated heterocycles. The number of H-pyrrole nitrogens is 1. The fourth-order valence-electron chi connectivity index (χ4n) is 4.43. The van der Waals surface area contributed by atoms with E-state index in [1.807, 2.05) is 0 Å². The monoisotopic (exact) mass is 506 g/mol. The number of hydrogen-bond donors (Lipinski definition) is 1. The number of hydrogen-bond acceptors (Lipinski definition) is 4. The van der Waals surface area contributed by atoms with Crippen molar-refractivity contribution in [3.63, 3.8) is 0 Å². The summed E-state index contributed by atoms with van der Waals surface area (Å²) in [5.74, 6) is -5.54. The van der Waals surface area contributed by atoms with Crippen LogP contribution in [0.25, 0.3) is 10.9 Å². The molecule has 2 aromatic heterocycles. The number of fused-ring (bicyclic) bond motifs is 1. The van der Waals surface area contributed by atoms with Crippen LogP contribution in [0.2, 0.25) is 0 Å². The zero-order valence-electron chi connectivity index (χ0n) is 18.1. The lowest BCUT2D eigenvalue weighted by Gasteiger charge is -2.32. The number of nitrogens with one attached hydrogen (secondary N) is 1. The number of aromatic amines is 1. The molecule has 0 amide bonds. The SMILES string of the molecule is COc1c([C@H]2[C@H](c3cc(=O)c4c[n+]([O-])ccc4[nH]3)O[C@@](C)(C(F)(F)F)[C@H]2C)ccc(F)c1F.Cl. The molecule has 0 saturated carbocycles. The first-order valence-electron chi connectivity index (χ1n) is 9.91. The number of benzene rings is 1. The third-order valence-corrected chi connectivity index (χ3v) is 6.38. The van der Waals surface area contributed by atoms with Crippen molar-refractivity contribution in [2.24, 2.45) is 5.92 Å². The Bertz CT molecular complexity index is 1300. The number of aromatic nitrogens is 2. The predicted molar refractivity (Wildman–Crippen MR) is 114 cm³/mol. The van der Waals surface area contributed by atoms with Crippen LogP contribution in [-0.2, 0) is 4.74 Å². The van der Waals surface area contributed by atoms with E-state index in [0.717, 1.165) is 44.6 Å². The lowest BCUT2D eigenvalue weighted by Crippen LogP contribution is -2.46. The number of ether oxygens (including phenoxy) is 2. The van der Waals surface area contributed by atoms with Crippen molar-refractivity contribution in [1.82, 2.24) is 4.98 Å². The molecule has 1 aromatic carbocycles. The minimum absolute atomic E-state index is 0. The first kappa shape index (κ1) is 25.7. The highest BCUT2D eigenvalue weighted by Gasteiger charge is 2.65. The van der Waals surface area contributed by atoms with Crippen LogP contribution in [0.4, 0.5) is 22.0 Å². The van der Waals surface area contributed by atoms with E-state index in [2.05, 4.69) is 4.98 Å². The van der Waals surface area contributed by atoms with Crippen molar-refractivity contribution in [2.75, 3.05) is 7.11 Å². The average molecular weight is 507 g/mol. The summed E-state index contributed by atoms with van der Waals surface area (Å²) in [4.78, 5) is 15.5. The molecule has 0 spiro atoms. The summed E-state index contributed by atoms with van der Waals surface area (Å²) in [5, 5.41) is 11.5. The van der Waals surface area contributed by atoms with Gasteiger partial charge in [-0.05, 0) is 13.0 Å². The summed E-state index contributed by atoms with van der Waals surface area (Å²) in [6.07, 6.45) is -4.04. The largest absolute Gasteiger partial charge is 0.619 e. The Kier molecular flexibility index (Phi) is 6.57. The molecule has 1 aliphatic rings. The van der Waals surface area contributed by atoms with Crippen LogP contribution in [0.1, 0.15) is 37.1 Å². The van der Waals surface area contributed by atoms with Gasteiger partial charge in [-0.25, -0.2) is 4.39 Å². The van der Waals surface area contributed by atoms with E-state index in [9.17, 15) is 32.0 Å². The summed E-state index contributed by atoms with van der Waals surface area (Å²) in [5.41, 5.74) is -3.12. The van der Waals surface area contributed by atoms with Crippen LogP contribution in [0, 0.1) is 22.8 Å². The number of pyridine rings is 2. The van der Waals surface area contributed by atoms with E-state index in [1.54, 1.807) is 0 Å². The zero-order valence-corrected chi connectivity index (χ0v) is 18.9. The normalized spacial score (nSPS) is 24.8. The smallest absolute Gasteiger partial charge is 0.417 e. The highest BCUT2D eigenvalue weighted by Crippen LogP contribution is 2.59. The van der Waals surface area contributed by atoms with Crippen LogP contribution in [0.5, 0.6) is 5.75 Å². The average Bonchev–Trinajstić information content (AvgIpc) is 3.02. The minimum atomic E-state index is -4.81. The van der Waals surface area contributed by atoms with Crippen molar-refractivity contribution in [3.05, 3.63) is 75.0 Å². The number of halogens is 6. The van der Waals surface area contributed by atoms with Gasteiger partial charge in [0.2, 0.25) is 5.82 Å². The summed E-state index contributed by atoms with van der Waals surface area (Å²) < 4.78 is 81.5. The molecule has 184 valence electrons. The second kappa shape index (κ2) is 8.70. The summed E-state index contributed by atoms with van der Waals surface area (Å²) >= 11 is 0.